The van der Waals surface area contributed by atoms with Gasteiger partial charge in [-0.25, -0.2) is 4.68 Å². The van der Waals surface area contributed by atoms with Crippen LogP contribution in [0.2, 0.25) is 0 Å². The van der Waals surface area contributed by atoms with Crippen LogP contribution in [0.15, 0.2) is 89.5 Å². The fourth-order valence-electron chi connectivity index (χ4n) is 3.64. The molecule has 0 unspecified atom stereocenters. The van der Waals surface area contributed by atoms with Crippen LogP contribution < -0.4 is 4.74 Å². The molecule has 5 heteroatoms. The zero-order valence-electron chi connectivity index (χ0n) is 16.2. The van der Waals surface area contributed by atoms with Crippen LogP contribution >= 0.6 is 0 Å². The van der Waals surface area contributed by atoms with Gasteiger partial charge in [0.2, 0.25) is 0 Å². The second-order valence-electron chi connectivity index (χ2n) is 6.83. The van der Waals surface area contributed by atoms with Gasteiger partial charge in [-0.05, 0) is 48.5 Å². The number of benzene rings is 3. The second-order valence-corrected chi connectivity index (χ2v) is 6.83. The maximum absolute atomic E-state index is 9.12. The minimum Gasteiger partial charge on any atom is -0.495 e. The molecule has 5 aromatic rings. The van der Waals surface area contributed by atoms with E-state index >= 15 is 0 Å². The van der Waals surface area contributed by atoms with E-state index in [1.165, 1.54) is 0 Å². The van der Waals surface area contributed by atoms with Crippen molar-refractivity contribution in [3.63, 3.8) is 0 Å². The third kappa shape index (κ3) is 2.92. The molecule has 0 bridgehead atoms. The van der Waals surface area contributed by atoms with E-state index in [0.29, 0.717) is 5.56 Å². The largest absolute Gasteiger partial charge is 0.495 e. The first-order valence-corrected chi connectivity index (χ1v) is 9.49. The van der Waals surface area contributed by atoms with Crippen molar-refractivity contribution in [2.75, 3.05) is 7.11 Å². The minimum absolute atomic E-state index is 0.611. The monoisotopic (exact) mass is 391 g/mol. The summed E-state index contributed by atoms with van der Waals surface area (Å²) in [7, 11) is 1.65. The van der Waals surface area contributed by atoms with Gasteiger partial charge in [0.1, 0.15) is 11.3 Å². The maximum Gasteiger partial charge on any atom is 0.139 e. The number of rotatable bonds is 4. The van der Waals surface area contributed by atoms with Crippen molar-refractivity contribution >= 4 is 11.0 Å². The standard InChI is InChI=1S/C25H17N3O2/c1-29-25-20(11-12-24-21(25)13-14-30-24)22-15-23(18-5-3-2-4-6-18)28(27-22)19-9-7-17(16-26)8-10-19/h2-15H,1H3. The van der Waals surface area contributed by atoms with Crippen molar-refractivity contribution in [2.45, 2.75) is 0 Å². The Hall–Kier alpha value is -4.30. The van der Waals surface area contributed by atoms with Gasteiger partial charge in [-0.15, -0.1) is 0 Å². The van der Waals surface area contributed by atoms with E-state index in [1.54, 1.807) is 25.5 Å². The fourth-order valence-corrected chi connectivity index (χ4v) is 3.64. The predicted octanol–water partition coefficient (Wildman–Crippen LogP) is 5.83. The molecule has 5 nitrogen and oxygen atoms in total. The summed E-state index contributed by atoms with van der Waals surface area (Å²) in [6.45, 7) is 0. The van der Waals surface area contributed by atoms with E-state index in [4.69, 9.17) is 19.5 Å². The smallest absolute Gasteiger partial charge is 0.139 e. The van der Waals surface area contributed by atoms with Crippen molar-refractivity contribution in [3.8, 4) is 40.0 Å². The van der Waals surface area contributed by atoms with Gasteiger partial charge in [-0.2, -0.15) is 10.4 Å². The number of ether oxygens (including phenoxy) is 1. The first-order valence-electron chi connectivity index (χ1n) is 9.49. The summed E-state index contributed by atoms with van der Waals surface area (Å²) >= 11 is 0. The number of nitrogens with zero attached hydrogens (tertiary/aromatic N) is 3. The molecule has 0 saturated carbocycles. The predicted molar refractivity (Wildman–Crippen MR) is 115 cm³/mol. The summed E-state index contributed by atoms with van der Waals surface area (Å²) in [5.41, 5.74) is 5.93. The third-order valence-electron chi connectivity index (χ3n) is 5.09. The van der Waals surface area contributed by atoms with E-state index in [0.717, 1.165) is 44.9 Å². The molecular formula is C25H17N3O2. The van der Waals surface area contributed by atoms with E-state index in [-0.39, 0.29) is 0 Å². The van der Waals surface area contributed by atoms with Crippen molar-refractivity contribution in [2.24, 2.45) is 0 Å². The minimum atomic E-state index is 0.611. The van der Waals surface area contributed by atoms with Gasteiger partial charge in [0.25, 0.3) is 0 Å². The summed E-state index contributed by atoms with van der Waals surface area (Å²) in [5, 5.41) is 14.9. The molecule has 2 heterocycles. The second kappa shape index (κ2) is 7.26. The highest BCUT2D eigenvalue weighted by Crippen LogP contribution is 2.38. The molecule has 5 rings (SSSR count). The summed E-state index contributed by atoms with van der Waals surface area (Å²) in [6, 6.07) is 27.5. The Balaban J connectivity index is 1.73. The van der Waals surface area contributed by atoms with Crippen LogP contribution in [0.4, 0.5) is 0 Å². The molecular weight excluding hydrogens is 374 g/mol. The highest BCUT2D eigenvalue weighted by Gasteiger charge is 2.18. The number of nitriles is 1. The highest BCUT2D eigenvalue weighted by atomic mass is 16.5. The Kier molecular flexibility index (Phi) is 4.30. The van der Waals surface area contributed by atoms with Crippen molar-refractivity contribution in [1.29, 1.82) is 5.26 Å². The molecule has 2 aromatic heterocycles. The Morgan fingerprint density at radius 3 is 2.50 bits per heavy atom. The number of hydrogen-bond donors (Lipinski definition) is 0. The lowest BCUT2D eigenvalue weighted by Crippen LogP contribution is -1.99. The summed E-state index contributed by atoms with van der Waals surface area (Å²) in [4.78, 5) is 0. The molecule has 0 aliphatic heterocycles. The number of hydrogen-bond acceptors (Lipinski definition) is 4. The van der Waals surface area contributed by atoms with Gasteiger partial charge < -0.3 is 9.15 Å². The fraction of sp³-hybridized carbons (Fsp3) is 0.0400. The average molecular weight is 391 g/mol. The quantitative estimate of drug-likeness (QED) is 0.386. The van der Waals surface area contributed by atoms with Gasteiger partial charge in [0.05, 0.1) is 47.5 Å². The molecule has 0 N–H and O–H groups in total. The lowest BCUT2D eigenvalue weighted by Gasteiger charge is -2.08. The lowest BCUT2D eigenvalue weighted by atomic mass is 10.1. The Bertz CT molecular complexity index is 1370. The molecule has 144 valence electrons. The van der Waals surface area contributed by atoms with E-state index in [2.05, 4.69) is 24.3 Å². The molecule has 0 saturated heterocycles. The van der Waals surface area contributed by atoms with Crippen LogP contribution in [-0.4, -0.2) is 16.9 Å². The zero-order chi connectivity index (χ0) is 20.5. The van der Waals surface area contributed by atoms with Gasteiger partial charge in [0.15, 0.2) is 0 Å². The Morgan fingerprint density at radius 1 is 0.967 bits per heavy atom. The first kappa shape index (κ1) is 17.8. The van der Waals surface area contributed by atoms with Gasteiger partial charge in [0, 0.05) is 11.1 Å². The molecule has 0 spiro atoms. The van der Waals surface area contributed by atoms with E-state index in [1.807, 2.05) is 53.2 Å². The molecule has 30 heavy (non-hydrogen) atoms. The number of fused-ring (bicyclic) bond motifs is 1. The first-order chi connectivity index (χ1) is 14.8. The molecule has 0 aliphatic carbocycles. The summed E-state index contributed by atoms with van der Waals surface area (Å²) in [6.07, 6.45) is 1.65. The zero-order valence-corrected chi connectivity index (χ0v) is 16.2. The van der Waals surface area contributed by atoms with Crippen molar-refractivity contribution in [3.05, 3.63) is 90.7 Å². The molecule has 0 amide bonds. The molecule has 0 radical (unpaired) electrons. The SMILES string of the molecule is COc1c(-c2cc(-c3ccccc3)n(-c3ccc(C#N)cc3)n2)ccc2occc12. The lowest BCUT2D eigenvalue weighted by molar-refractivity contribution is 0.421. The normalized spacial score (nSPS) is 10.8. The maximum atomic E-state index is 9.12. The van der Waals surface area contributed by atoms with Crippen LogP contribution in [-0.2, 0) is 0 Å². The number of furan rings is 1. The van der Waals surface area contributed by atoms with Crippen LogP contribution in [0.3, 0.4) is 0 Å². The number of methoxy groups -OCH3 is 1. The van der Waals surface area contributed by atoms with Crippen LogP contribution in [0.1, 0.15) is 5.56 Å². The molecule has 0 aliphatic rings. The van der Waals surface area contributed by atoms with Gasteiger partial charge in [-0.1, -0.05) is 30.3 Å². The molecule has 0 atom stereocenters. The summed E-state index contributed by atoms with van der Waals surface area (Å²) < 4.78 is 13.1. The van der Waals surface area contributed by atoms with Crippen molar-refractivity contribution in [1.82, 2.24) is 9.78 Å². The summed E-state index contributed by atoms with van der Waals surface area (Å²) in [5.74, 6) is 0.727. The van der Waals surface area contributed by atoms with Crippen LogP contribution in [0, 0.1) is 11.3 Å². The Labute approximate surface area is 173 Å². The Morgan fingerprint density at radius 2 is 1.77 bits per heavy atom. The molecule has 0 fully saturated rings. The topological polar surface area (TPSA) is 64.0 Å². The van der Waals surface area contributed by atoms with Gasteiger partial charge in [-0.3, -0.25) is 0 Å². The van der Waals surface area contributed by atoms with E-state index in [9.17, 15) is 0 Å². The van der Waals surface area contributed by atoms with Gasteiger partial charge >= 0.3 is 0 Å². The van der Waals surface area contributed by atoms with Crippen molar-refractivity contribution < 1.29 is 9.15 Å². The molecule has 3 aromatic carbocycles. The van der Waals surface area contributed by atoms with Crippen LogP contribution in [0.25, 0.3) is 39.2 Å². The third-order valence-corrected chi connectivity index (χ3v) is 5.09. The number of aromatic nitrogens is 2. The van der Waals surface area contributed by atoms with Crippen LogP contribution in [0.5, 0.6) is 5.75 Å². The highest BCUT2D eigenvalue weighted by molar-refractivity contribution is 5.92. The average Bonchev–Trinajstić information content (AvgIpc) is 3.46. The van der Waals surface area contributed by atoms with E-state index < -0.39 is 0 Å².